The summed E-state index contributed by atoms with van der Waals surface area (Å²) in [6.07, 6.45) is 4.33. The van der Waals surface area contributed by atoms with Gasteiger partial charge in [-0.3, -0.25) is 4.79 Å². The van der Waals surface area contributed by atoms with E-state index in [0.29, 0.717) is 6.42 Å². The summed E-state index contributed by atoms with van der Waals surface area (Å²) in [7, 11) is 0. The smallest absolute Gasteiger partial charge is 0.217 e. The third-order valence-electron chi connectivity index (χ3n) is 3.10. The van der Waals surface area contributed by atoms with Gasteiger partial charge in [-0.05, 0) is 36.8 Å². The molecule has 0 saturated heterocycles. The van der Waals surface area contributed by atoms with Crippen molar-refractivity contribution in [3.63, 3.8) is 0 Å². The number of benzene rings is 1. The average molecular weight is 218 g/mol. The van der Waals surface area contributed by atoms with Gasteiger partial charge < -0.3 is 11.5 Å². The first-order valence-corrected chi connectivity index (χ1v) is 5.72. The second kappa shape index (κ2) is 4.26. The predicted molar refractivity (Wildman–Crippen MR) is 63.8 cm³/mol. The van der Waals surface area contributed by atoms with Gasteiger partial charge in [-0.1, -0.05) is 24.3 Å². The summed E-state index contributed by atoms with van der Waals surface area (Å²) < 4.78 is 0. The number of carbonyl (C=O) groups excluding carboxylic acids is 1. The van der Waals surface area contributed by atoms with E-state index in [1.165, 1.54) is 11.1 Å². The quantitative estimate of drug-likeness (QED) is 0.778. The lowest BCUT2D eigenvalue weighted by Gasteiger charge is -2.09. The molecule has 0 aliphatic heterocycles. The molecule has 0 aromatic heterocycles. The van der Waals surface area contributed by atoms with Gasteiger partial charge in [0.25, 0.3) is 0 Å². The van der Waals surface area contributed by atoms with Crippen molar-refractivity contribution in [2.24, 2.45) is 11.5 Å². The number of rotatable bonds is 5. The number of hydrogen-bond acceptors (Lipinski definition) is 2. The Morgan fingerprint density at radius 2 is 2.00 bits per heavy atom. The van der Waals surface area contributed by atoms with E-state index in [9.17, 15) is 4.79 Å². The Kier molecular flexibility index (Phi) is 2.97. The third-order valence-corrected chi connectivity index (χ3v) is 3.10. The molecule has 0 atom stereocenters. The van der Waals surface area contributed by atoms with Gasteiger partial charge >= 0.3 is 0 Å². The number of amides is 1. The van der Waals surface area contributed by atoms with Crippen LogP contribution in [0.1, 0.15) is 30.4 Å². The van der Waals surface area contributed by atoms with Crippen LogP contribution in [0.5, 0.6) is 0 Å². The molecule has 1 amide bonds. The highest BCUT2D eigenvalue weighted by molar-refractivity contribution is 5.74. The van der Waals surface area contributed by atoms with E-state index in [1.807, 2.05) is 12.1 Å². The van der Waals surface area contributed by atoms with E-state index >= 15 is 0 Å². The van der Waals surface area contributed by atoms with Gasteiger partial charge in [0, 0.05) is 12.0 Å². The molecule has 16 heavy (non-hydrogen) atoms. The molecule has 0 unspecified atom stereocenters. The first-order valence-electron chi connectivity index (χ1n) is 5.72. The molecular formula is C13H18N2O. The average Bonchev–Trinajstić information content (AvgIpc) is 2.93. The lowest BCUT2D eigenvalue weighted by molar-refractivity contribution is -0.117. The molecule has 3 heteroatoms. The molecule has 0 heterocycles. The number of carbonyl (C=O) groups is 1. The van der Waals surface area contributed by atoms with E-state index in [1.54, 1.807) is 0 Å². The van der Waals surface area contributed by atoms with Gasteiger partial charge in [-0.25, -0.2) is 0 Å². The van der Waals surface area contributed by atoms with Crippen molar-refractivity contribution in [2.45, 2.75) is 37.6 Å². The molecule has 86 valence electrons. The maximum absolute atomic E-state index is 10.7. The fraction of sp³-hybridized carbons (Fsp3) is 0.462. The van der Waals surface area contributed by atoms with Crippen LogP contribution in [-0.4, -0.2) is 11.4 Å². The first kappa shape index (κ1) is 11.1. The zero-order valence-corrected chi connectivity index (χ0v) is 9.41. The van der Waals surface area contributed by atoms with Crippen molar-refractivity contribution >= 4 is 5.91 Å². The largest absolute Gasteiger partial charge is 0.370 e. The molecule has 0 bridgehead atoms. The Balaban J connectivity index is 1.98. The second-order valence-corrected chi connectivity index (χ2v) is 4.83. The summed E-state index contributed by atoms with van der Waals surface area (Å²) >= 11 is 0. The fourth-order valence-corrected chi connectivity index (χ4v) is 1.91. The summed E-state index contributed by atoms with van der Waals surface area (Å²) in [5, 5.41) is 0. The minimum absolute atomic E-state index is 0.0440. The minimum Gasteiger partial charge on any atom is -0.370 e. The van der Waals surface area contributed by atoms with E-state index in [0.717, 1.165) is 25.7 Å². The number of aryl methyl sites for hydroxylation is 1. The summed E-state index contributed by atoms with van der Waals surface area (Å²) in [6, 6.07) is 8.29. The van der Waals surface area contributed by atoms with Crippen molar-refractivity contribution in [1.29, 1.82) is 0 Å². The van der Waals surface area contributed by atoms with Crippen molar-refractivity contribution in [3.8, 4) is 0 Å². The molecule has 1 fully saturated rings. The number of hydrogen-bond donors (Lipinski definition) is 2. The maximum Gasteiger partial charge on any atom is 0.217 e. The summed E-state index contributed by atoms with van der Waals surface area (Å²) in [5.41, 5.74) is 13.7. The van der Waals surface area contributed by atoms with Gasteiger partial charge in [0.15, 0.2) is 0 Å². The zero-order chi connectivity index (χ0) is 11.6. The molecule has 1 aromatic carbocycles. The summed E-state index contributed by atoms with van der Waals surface area (Å²) in [6.45, 7) is 0. The molecule has 1 saturated carbocycles. The van der Waals surface area contributed by atoms with Crippen LogP contribution < -0.4 is 11.5 Å². The van der Waals surface area contributed by atoms with Crippen molar-refractivity contribution in [3.05, 3.63) is 35.4 Å². The standard InChI is InChI=1S/C13H18N2O/c14-12(16)5-4-10-2-1-3-11(8-10)9-13(15)6-7-13/h1-3,8H,4-7,9,15H2,(H2,14,16). The van der Waals surface area contributed by atoms with Gasteiger partial charge in [0.05, 0.1) is 0 Å². The molecule has 0 spiro atoms. The summed E-state index contributed by atoms with van der Waals surface area (Å²) in [4.78, 5) is 10.7. The Bertz CT molecular complexity index is 397. The Morgan fingerprint density at radius 3 is 2.62 bits per heavy atom. The molecule has 2 rings (SSSR count). The van der Waals surface area contributed by atoms with Crippen molar-refractivity contribution in [2.75, 3.05) is 0 Å². The van der Waals surface area contributed by atoms with Crippen LogP contribution in [0.4, 0.5) is 0 Å². The van der Waals surface area contributed by atoms with Crippen molar-refractivity contribution < 1.29 is 4.79 Å². The first-order chi connectivity index (χ1) is 7.57. The Morgan fingerprint density at radius 1 is 1.31 bits per heavy atom. The fourth-order valence-electron chi connectivity index (χ4n) is 1.91. The molecule has 3 nitrogen and oxygen atoms in total. The number of primary amides is 1. The normalized spacial score (nSPS) is 17.1. The Labute approximate surface area is 95.8 Å². The van der Waals surface area contributed by atoms with E-state index < -0.39 is 0 Å². The predicted octanol–water partition coefficient (Wildman–Crippen LogP) is 1.14. The molecule has 0 radical (unpaired) electrons. The van der Waals surface area contributed by atoms with Gasteiger partial charge in [-0.2, -0.15) is 0 Å². The van der Waals surface area contributed by atoms with Crippen LogP contribution in [0.3, 0.4) is 0 Å². The highest BCUT2D eigenvalue weighted by Gasteiger charge is 2.37. The second-order valence-electron chi connectivity index (χ2n) is 4.83. The monoisotopic (exact) mass is 218 g/mol. The maximum atomic E-state index is 10.7. The van der Waals surface area contributed by atoms with Gasteiger partial charge in [0.1, 0.15) is 0 Å². The van der Waals surface area contributed by atoms with Crippen LogP contribution in [0.25, 0.3) is 0 Å². The Hall–Kier alpha value is -1.35. The van der Waals surface area contributed by atoms with Crippen LogP contribution in [0.15, 0.2) is 24.3 Å². The SMILES string of the molecule is NC(=O)CCc1cccc(CC2(N)CC2)c1. The molecule has 4 N–H and O–H groups in total. The van der Waals surface area contributed by atoms with Crippen LogP contribution in [0, 0.1) is 0 Å². The lowest BCUT2D eigenvalue weighted by Crippen LogP contribution is -2.24. The summed E-state index contributed by atoms with van der Waals surface area (Å²) in [5.74, 6) is -0.247. The van der Waals surface area contributed by atoms with Crippen molar-refractivity contribution in [1.82, 2.24) is 0 Å². The van der Waals surface area contributed by atoms with Crippen LogP contribution >= 0.6 is 0 Å². The highest BCUT2D eigenvalue weighted by atomic mass is 16.1. The molecule has 1 aromatic rings. The molecular weight excluding hydrogens is 200 g/mol. The highest BCUT2D eigenvalue weighted by Crippen LogP contribution is 2.35. The van der Waals surface area contributed by atoms with Crippen LogP contribution in [-0.2, 0) is 17.6 Å². The molecule has 1 aliphatic rings. The lowest BCUT2D eigenvalue weighted by atomic mass is 10.0. The minimum atomic E-state index is -0.247. The number of nitrogens with two attached hydrogens (primary N) is 2. The molecule has 1 aliphatic carbocycles. The van der Waals surface area contributed by atoms with Gasteiger partial charge in [-0.15, -0.1) is 0 Å². The van der Waals surface area contributed by atoms with E-state index in [2.05, 4.69) is 12.1 Å². The zero-order valence-electron chi connectivity index (χ0n) is 9.41. The topological polar surface area (TPSA) is 69.1 Å². The van der Waals surface area contributed by atoms with Gasteiger partial charge in [0.2, 0.25) is 5.91 Å². The van der Waals surface area contributed by atoms with E-state index in [4.69, 9.17) is 11.5 Å². The van der Waals surface area contributed by atoms with E-state index in [-0.39, 0.29) is 11.4 Å². The third kappa shape index (κ3) is 3.07. The van der Waals surface area contributed by atoms with Crippen LogP contribution in [0.2, 0.25) is 0 Å².